The van der Waals surface area contributed by atoms with Gasteiger partial charge in [-0.2, -0.15) is 0 Å². The molecule has 14 heteroatoms. The molecule has 0 N–H and O–H groups in total. The molecule has 232 valence electrons. The number of hydrogen-bond donors (Lipinski definition) is 0. The fourth-order valence-electron chi connectivity index (χ4n) is 4.48. The number of carbonyl (C=O) groups excluding carboxylic acids is 5. The molecule has 12 nitrogen and oxygen atoms in total. The van der Waals surface area contributed by atoms with Crippen LogP contribution >= 0.6 is 23.4 Å². The van der Waals surface area contributed by atoms with Crippen LogP contribution in [0.15, 0.2) is 65.3 Å². The number of ether oxygens (including phenoxy) is 5. The molecule has 0 aliphatic carbocycles. The molecule has 2 heterocycles. The summed E-state index contributed by atoms with van der Waals surface area (Å²) < 4.78 is 27.9. The van der Waals surface area contributed by atoms with Gasteiger partial charge in [-0.25, -0.2) is 4.99 Å². The summed E-state index contributed by atoms with van der Waals surface area (Å²) in [6.45, 7) is 4.23. The molecular weight excluding hydrogens is 616 g/mol. The summed E-state index contributed by atoms with van der Waals surface area (Å²) in [5.41, 5.74) is 0.0921. The van der Waals surface area contributed by atoms with Crippen LogP contribution in [-0.4, -0.2) is 71.4 Å². The lowest BCUT2D eigenvalue weighted by molar-refractivity contribution is -0.237. The molecule has 2 aliphatic rings. The molecule has 0 spiro atoms. The van der Waals surface area contributed by atoms with Crippen molar-refractivity contribution in [1.82, 2.24) is 0 Å². The molecule has 1 amide bonds. The Morgan fingerprint density at radius 1 is 0.864 bits per heavy atom. The summed E-state index contributed by atoms with van der Waals surface area (Å²) >= 11 is 6.92. The average molecular weight is 645 g/mol. The Labute approximate surface area is 262 Å². The largest absolute Gasteiger partial charge is 0.463 e. The Morgan fingerprint density at radius 3 is 2.05 bits per heavy atom. The van der Waals surface area contributed by atoms with Crippen molar-refractivity contribution in [2.75, 3.05) is 11.5 Å². The summed E-state index contributed by atoms with van der Waals surface area (Å²) in [6.07, 6.45) is -3.56. The van der Waals surface area contributed by atoms with Crippen molar-refractivity contribution in [2.45, 2.75) is 57.5 Å². The fourth-order valence-corrected chi connectivity index (χ4v) is 5.81. The third kappa shape index (κ3) is 8.24. The second-order valence-electron chi connectivity index (χ2n) is 9.64. The topological polar surface area (TPSA) is 147 Å². The molecule has 2 aliphatic heterocycles. The minimum absolute atomic E-state index is 0.101. The van der Waals surface area contributed by atoms with Crippen molar-refractivity contribution < 1.29 is 47.7 Å². The van der Waals surface area contributed by atoms with Crippen LogP contribution in [0.1, 0.15) is 33.3 Å². The van der Waals surface area contributed by atoms with Gasteiger partial charge in [0.15, 0.2) is 28.9 Å². The van der Waals surface area contributed by atoms with Gasteiger partial charge in [-0.1, -0.05) is 53.7 Å². The lowest BCUT2D eigenvalue weighted by Gasteiger charge is -2.44. The van der Waals surface area contributed by atoms with Gasteiger partial charge in [0.1, 0.15) is 18.4 Å². The van der Waals surface area contributed by atoms with Crippen LogP contribution in [0.5, 0.6) is 0 Å². The maximum Gasteiger partial charge on any atom is 0.303 e. The summed E-state index contributed by atoms with van der Waals surface area (Å²) in [6, 6.07) is 15.5. The lowest BCUT2D eigenvalue weighted by atomic mass is 9.99. The average Bonchev–Trinajstić information content (AvgIpc) is 3.25. The van der Waals surface area contributed by atoms with Crippen molar-refractivity contribution in [3.63, 3.8) is 0 Å². The molecule has 2 aromatic carbocycles. The molecule has 2 aromatic rings. The van der Waals surface area contributed by atoms with Gasteiger partial charge in [-0.3, -0.25) is 28.9 Å². The Morgan fingerprint density at radius 2 is 1.45 bits per heavy atom. The van der Waals surface area contributed by atoms with E-state index in [1.54, 1.807) is 60.7 Å². The maximum atomic E-state index is 13.7. The Kier molecular flexibility index (Phi) is 10.8. The number of halogens is 1. The van der Waals surface area contributed by atoms with Gasteiger partial charge in [0.05, 0.1) is 5.69 Å². The normalized spacial score (nSPS) is 24.0. The van der Waals surface area contributed by atoms with Gasteiger partial charge >= 0.3 is 23.9 Å². The monoisotopic (exact) mass is 644 g/mol. The van der Waals surface area contributed by atoms with E-state index in [-0.39, 0.29) is 17.5 Å². The number of thioether (sulfide) groups is 1. The summed E-state index contributed by atoms with van der Waals surface area (Å²) in [7, 11) is 0. The molecule has 1 fully saturated rings. The Hall–Kier alpha value is -4.20. The molecule has 0 bridgehead atoms. The third-order valence-electron chi connectivity index (χ3n) is 6.19. The first-order chi connectivity index (χ1) is 20.9. The smallest absolute Gasteiger partial charge is 0.303 e. The highest BCUT2D eigenvalue weighted by Crippen LogP contribution is 2.38. The zero-order chi connectivity index (χ0) is 32.0. The number of amides is 1. The number of carbonyl (C=O) groups is 5. The van der Waals surface area contributed by atoms with Gasteiger partial charge < -0.3 is 23.7 Å². The van der Waals surface area contributed by atoms with E-state index in [4.69, 9.17) is 35.3 Å². The summed E-state index contributed by atoms with van der Waals surface area (Å²) in [5, 5.41) is 0.682. The van der Waals surface area contributed by atoms with Crippen LogP contribution < -0.4 is 4.90 Å². The van der Waals surface area contributed by atoms with Crippen LogP contribution in [0.25, 0.3) is 6.08 Å². The van der Waals surface area contributed by atoms with E-state index in [0.717, 1.165) is 32.5 Å². The predicted molar refractivity (Wildman–Crippen MR) is 160 cm³/mol. The molecule has 5 atom stereocenters. The van der Waals surface area contributed by atoms with Crippen LogP contribution in [0, 0.1) is 0 Å². The number of hydrogen-bond acceptors (Lipinski definition) is 12. The van der Waals surface area contributed by atoms with Gasteiger partial charge in [0.2, 0.25) is 0 Å². The zero-order valence-corrected chi connectivity index (χ0v) is 25.7. The highest BCUT2D eigenvalue weighted by molar-refractivity contribution is 8.14. The second-order valence-corrected chi connectivity index (χ2v) is 11.1. The van der Waals surface area contributed by atoms with Crippen LogP contribution in [0.4, 0.5) is 5.69 Å². The Bertz CT molecular complexity index is 1480. The number of anilines is 1. The number of para-hydroxylation sites is 1. The predicted octanol–water partition coefficient (Wildman–Crippen LogP) is 3.90. The van der Waals surface area contributed by atoms with Crippen molar-refractivity contribution in [2.24, 2.45) is 4.99 Å². The number of nitrogens with zero attached hydrogens (tertiary/aromatic N) is 2. The second kappa shape index (κ2) is 14.5. The van der Waals surface area contributed by atoms with Gasteiger partial charge in [0, 0.05) is 32.7 Å². The van der Waals surface area contributed by atoms with E-state index in [2.05, 4.69) is 4.99 Å². The minimum Gasteiger partial charge on any atom is -0.463 e. The minimum atomic E-state index is -1.36. The van der Waals surface area contributed by atoms with Gasteiger partial charge in [-0.15, -0.1) is 0 Å². The summed E-state index contributed by atoms with van der Waals surface area (Å²) in [4.78, 5) is 67.8. The van der Waals surface area contributed by atoms with Gasteiger partial charge in [-0.05, 0) is 35.9 Å². The molecular formula is C30H29ClN2O10S. The summed E-state index contributed by atoms with van der Waals surface area (Å²) in [5.74, 6) is -3.32. The number of aliphatic imine (C=N–C) groups is 1. The van der Waals surface area contributed by atoms with Crippen LogP contribution in [0.2, 0.25) is 5.02 Å². The first kappa shape index (κ1) is 32.7. The van der Waals surface area contributed by atoms with E-state index in [1.165, 1.54) is 11.8 Å². The number of amidine groups is 1. The van der Waals surface area contributed by atoms with Crippen LogP contribution in [-0.2, 0) is 47.7 Å². The van der Waals surface area contributed by atoms with Crippen molar-refractivity contribution in [1.29, 1.82) is 0 Å². The number of rotatable bonds is 8. The van der Waals surface area contributed by atoms with Crippen LogP contribution in [0.3, 0.4) is 0 Å². The Balaban J connectivity index is 1.78. The molecule has 4 rings (SSSR count). The highest BCUT2D eigenvalue weighted by Gasteiger charge is 2.53. The SMILES string of the molecule is CC(=O)OC[C@H]1OC(SC2=N/C(=C\c3ccc(Cl)cc3)C(=O)N2c2ccccc2)[C@H](OC(C)=O)[C@@H](OC(C)=O)[C@@H]1OC(C)=O. The molecule has 1 unspecified atom stereocenters. The van der Waals surface area contributed by atoms with Crippen molar-refractivity contribution in [3.05, 3.63) is 70.9 Å². The number of esters is 4. The van der Waals surface area contributed by atoms with E-state index in [0.29, 0.717) is 16.3 Å². The third-order valence-corrected chi connectivity index (χ3v) is 7.54. The van der Waals surface area contributed by atoms with E-state index >= 15 is 0 Å². The molecule has 0 aromatic heterocycles. The van der Waals surface area contributed by atoms with Crippen molar-refractivity contribution >= 4 is 70.1 Å². The molecule has 0 saturated carbocycles. The van der Waals surface area contributed by atoms with Gasteiger partial charge in [0.25, 0.3) is 5.91 Å². The molecule has 44 heavy (non-hydrogen) atoms. The first-order valence-corrected chi connectivity index (χ1v) is 14.6. The van der Waals surface area contributed by atoms with Crippen molar-refractivity contribution in [3.8, 4) is 0 Å². The fraction of sp³-hybridized carbons (Fsp3) is 0.333. The molecule has 0 radical (unpaired) electrons. The zero-order valence-electron chi connectivity index (χ0n) is 24.1. The van der Waals surface area contributed by atoms with E-state index < -0.39 is 59.6 Å². The highest BCUT2D eigenvalue weighted by atomic mass is 35.5. The van der Waals surface area contributed by atoms with E-state index in [1.807, 2.05) is 0 Å². The maximum absolute atomic E-state index is 13.7. The standard InChI is InChI=1S/C30H29ClN2O10S/c1-16(34)39-15-24-25(40-17(2)35)26(41-18(3)36)27(42-19(4)37)29(43-24)44-30-32-23(14-20-10-12-21(31)13-11-20)28(38)33(30)22-8-6-5-7-9-22/h5-14,24-27,29H,15H2,1-4H3/b23-14-/t24-,25-,26+,27-,29?/m1/s1. The number of benzene rings is 2. The quantitative estimate of drug-likeness (QED) is 0.234. The molecule has 1 saturated heterocycles. The van der Waals surface area contributed by atoms with E-state index in [9.17, 15) is 24.0 Å². The first-order valence-electron chi connectivity index (χ1n) is 13.4. The lowest BCUT2D eigenvalue weighted by Crippen LogP contribution is -2.61.